The van der Waals surface area contributed by atoms with Crippen LogP contribution in [0.15, 0.2) is 53.5 Å². The van der Waals surface area contributed by atoms with E-state index >= 15 is 0 Å². The van der Waals surface area contributed by atoms with E-state index in [9.17, 15) is 4.79 Å². The Balaban J connectivity index is 1.29. The van der Waals surface area contributed by atoms with Gasteiger partial charge in [0.2, 0.25) is 5.95 Å². The summed E-state index contributed by atoms with van der Waals surface area (Å²) < 4.78 is 13.4. The fourth-order valence-corrected chi connectivity index (χ4v) is 4.75. The van der Waals surface area contributed by atoms with E-state index in [0.717, 1.165) is 12.1 Å². The minimum atomic E-state index is -0.305. The van der Waals surface area contributed by atoms with Crippen molar-refractivity contribution in [1.82, 2.24) is 29.6 Å². The van der Waals surface area contributed by atoms with Gasteiger partial charge in [-0.15, -0.1) is 0 Å². The molecule has 0 amide bonds. The predicted octanol–water partition coefficient (Wildman–Crippen LogP) is 2.53. The summed E-state index contributed by atoms with van der Waals surface area (Å²) in [5.74, 6) is 1.84. The Bertz CT molecular complexity index is 1730. The molecule has 0 bridgehead atoms. The highest BCUT2D eigenvalue weighted by Crippen LogP contribution is 2.34. The molecular weight excluding hydrogens is 498 g/mol. The van der Waals surface area contributed by atoms with Gasteiger partial charge in [-0.3, -0.25) is 14.5 Å². The molecule has 0 aliphatic carbocycles. The van der Waals surface area contributed by atoms with Crippen molar-refractivity contribution in [2.75, 3.05) is 44.0 Å². The van der Waals surface area contributed by atoms with Gasteiger partial charge in [0.05, 0.1) is 16.6 Å². The van der Waals surface area contributed by atoms with Crippen LogP contribution in [0.4, 0.5) is 17.5 Å². The largest absolute Gasteiger partial charge is 0.486 e. The van der Waals surface area contributed by atoms with Gasteiger partial charge in [0.15, 0.2) is 23.0 Å². The van der Waals surface area contributed by atoms with E-state index in [1.807, 2.05) is 44.4 Å². The van der Waals surface area contributed by atoms with Gasteiger partial charge in [0.25, 0.3) is 5.56 Å². The molecule has 39 heavy (non-hydrogen) atoms. The normalized spacial score (nSPS) is 14.8. The van der Waals surface area contributed by atoms with Crippen molar-refractivity contribution >= 4 is 39.4 Å². The molecule has 1 aliphatic heterocycles. The summed E-state index contributed by atoms with van der Waals surface area (Å²) >= 11 is 0. The van der Waals surface area contributed by atoms with Crippen molar-refractivity contribution in [3.8, 4) is 17.2 Å². The maximum absolute atomic E-state index is 13.6. The molecule has 0 saturated carbocycles. The molecule has 12 heteroatoms. The summed E-state index contributed by atoms with van der Waals surface area (Å²) in [5.41, 5.74) is 14.9. The van der Waals surface area contributed by atoms with Gasteiger partial charge in [-0.1, -0.05) is 12.1 Å². The van der Waals surface area contributed by atoms with Crippen molar-refractivity contribution in [2.45, 2.75) is 19.1 Å². The van der Waals surface area contributed by atoms with Crippen molar-refractivity contribution in [3.63, 3.8) is 0 Å². The van der Waals surface area contributed by atoms with E-state index in [1.54, 1.807) is 22.9 Å². The second-order valence-corrected chi connectivity index (χ2v) is 9.81. The lowest BCUT2D eigenvalue weighted by Gasteiger charge is -2.26. The molecule has 5 aromatic rings. The standard InChI is InChI=1S/C27H29N9O3/c1-35(2)13-15-3-6-17(7-4-15)36-25-19(23-22(26(36)37)24(29)34-33-23)12-31-27(32-25)30-10-9-18-14-38-21-11-16(28)5-8-20(21)39-18/h3-8,11-12,18H,9-10,13-14,28H2,1-2H3,(H3,29,33,34)(H,30,31,32)/t18-/m0/s1. The van der Waals surface area contributed by atoms with Gasteiger partial charge in [-0.05, 0) is 43.9 Å². The molecule has 1 aliphatic rings. The Morgan fingerprint density at radius 2 is 1.97 bits per heavy atom. The number of rotatable bonds is 7. The number of nitrogens with zero attached hydrogens (tertiary/aromatic N) is 5. The zero-order chi connectivity index (χ0) is 27.1. The molecule has 6 N–H and O–H groups in total. The highest BCUT2D eigenvalue weighted by Gasteiger charge is 2.22. The van der Waals surface area contributed by atoms with Crippen LogP contribution in [0.25, 0.3) is 27.6 Å². The van der Waals surface area contributed by atoms with Crippen LogP contribution in [0.2, 0.25) is 0 Å². The summed E-state index contributed by atoms with van der Waals surface area (Å²) in [7, 11) is 4.02. The number of nitrogen functional groups attached to an aromatic ring is 2. The maximum Gasteiger partial charge on any atom is 0.270 e. The fraction of sp³-hybridized carbons (Fsp3) is 0.259. The quantitative estimate of drug-likeness (QED) is 0.231. The smallest absolute Gasteiger partial charge is 0.270 e. The van der Waals surface area contributed by atoms with Crippen LogP contribution in [0.3, 0.4) is 0 Å². The SMILES string of the molecule is CN(C)Cc1ccc(-n2c(=O)c3c(N)n[nH]c3c3cnc(NCC[C@H]4COc5cc(N)ccc5O4)nc32)cc1. The number of hydrogen-bond acceptors (Lipinski definition) is 10. The number of benzene rings is 2. The predicted molar refractivity (Wildman–Crippen MR) is 150 cm³/mol. The van der Waals surface area contributed by atoms with Gasteiger partial charge in [0.1, 0.15) is 18.1 Å². The highest BCUT2D eigenvalue weighted by molar-refractivity contribution is 6.05. The van der Waals surface area contributed by atoms with Crippen LogP contribution in [0, 0.1) is 0 Å². The van der Waals surface area contributed by atoms with E-state index in [4.69, 9.17) is 25.9 Å². The third kappa shape index (κ3) is 4.66. The van der Waals surface area contributed by atoms with E-state index in [0.29, 0.717) is 70.3 Å². The van der Waals surface area contributed by atoms with Crippen LogP contribution < -0.4 is 31.8 Å². The topological polar surface area (TPSA) is 162 Å². The number of H-pyrrole nitrogens is 1. The molecule has 0 saturated heterocycles. The molecule has 0 spiro atoms. The average Bonchev–Trinajstić information content (AvgIpc) is 3.31. The lowest BCUT2D eigenvalue weighted by Crippen LogP contribution is -2.31. The van der Waals surface area contributed by atoms with Gasteiger partial charge < -0.3 is 31.2 Å². The Kier molecular flexibility index (Phi) is 6.15. The number of hydrogen-bond donors (Lipinski definition) is 4. The lowest BCUT2D eigenvalue weighted by atomic mass is 10.1. The van der Waals surface area contributed by atoms with E-state index in [2.05, 4.69) is 25.4 Å². The molecule has 200 valence electrons. The number of ether oxygens (including phenoxy) is 2. The minimum Gasteiger partial charge on any atom is -0.486 e. The number of nitrogens with one attached hydrogen (secondary N) is 2. The molecular formula is C27H29N9O3. The van der Waals surface area contributed by atoms with Crippen LogP contribution in [-0.4, -0.2) is 63.0 Å². The molecule has 12 nitrogen and oxygen atoms in total. The number of aromatic amines is 1. The summed E-state index contributed by atoms with van der Waals surface area (Å²) in [6.07, 6.45) is 2.18. The molecule has 6 rings (SSSR count). The van der Waals surface area contributed by atoms with Gasteiger partial charge in [0, 0.05) is 37.5 Å². The lowest BCUT2D eigenvalue weighted by molar-refractivity contribution is 0.0874. The molecule has 1 atom stereocenters. The van der Waals surface area contributed by atoms with E-state index in [1.165, 1.54) is 0 Å². The Labute approximate surface area is 223 Å². The third-order valence-electron chi connectivity index (χ3n) is 6.59. The zero-order valence-electron chi connectivity index (χ0n) is 21.6. The number of aromatic nitrogens is 5. The summed E-state index contributed by atoms with van der Waals surface area (Å²) in [5, 5.41) is 11.1. The first-order valence-electron chi connectivity index (χ1n) is 12.6. The number of fused-ring (bicyclic) bond motifs is 4. The van der Waals surface area contributed by atoms with Crippen LogP contribution in [0.1, 0.15) is 12.0 Å². The monoisotopic (exact) mass is 527 g/mol. The molecule has 3 aromatic heterocycles. The van der Waals surface area contributed by atoms with Crippen molar-refractivity contribution in [2.24, 2.45) is 0 Å². The molecule has 0 unspecified atom stereocenters. The van der Waals surface area contributed by atoms with Crippen molar-refractivity contribution in [3.05, 3.63) is 64.6 Å². The van der Waals surface area contributed by atoms with E-state index in [-0.39, 0.29) is 17.5 Å². The zero-order valence-corrected chi connectivity index (χ0v) is 21.6. The molecule has 0 radical (unpaired) electrons. The van der Waals surface area contributed by atoms with Gasteiger partial charge in [-0.25, -0.2) is 4.98 Å². The number of pyridine rings is 1. The highest BCUT2D eigenvalue weighted by atomic mass is 16.6. The first-order valence-corrected chi connectivity index (χ1v) is 12.6. The van der Waals surface area contributed by atoms with Crippen LogP contribution >= 0.6 is 0 Å². The van der Waals surface area contributed by atoms with Gasteiger partial charge >= 0.3 is 0 Å². The van der Waals surface area contributed by atoms with E-state index < -0.39 is 0 Å². The van der Waals surface area contributed by atoms with Crippen LogP contribution in [0.5, 0.6) is 11.5 Å². The second-order valence-electron chi connectivity index (χ2n) is 9.81. The number of anilines is 3. The van der Waals surface area contributed by atoms with Gasteiger partial charge in [-0.2, -0.15) is 10.1 Å². The second kappa shape index (κ2) is 9.80. The van der Waals surface area contributed by atoms with Crippen LogP contribution in [-0.2, 0) is 6.54 Å². The summed E-state index contributed by atoms with van der Waals surface area (Å²) in [4.78, 5) is 24.9. The minimum absolute atomic E-state index is 0.135. The maximum atomic E-state index is 13.6. The Morgan fingerprint density at radius 1 is 1.15 bits per heavy atom. The molecule has 4 heterocycles. The molecule has 0 fully saturated rings. The Hall–Kier alpha value is -4.84. The summed E-state index contributed by atoms with van der Waals surface area (Å²) in [6, 6.07) is 13.2. The first-order chi connectivity index (χ1) is 18.9. The van der Waals surface area contributed by atoms with Crippen molar-refractivity contribution in [1.29, 1.82) is 0 Å². The molecule has 2 aromatic carbocycles. The average molecular weight is 528 g/mol. The first kappa shape index (κ1) is 24.5. The van der Waals surface area contributed by atoms with Crippen molar-refractivity contribution < 1.29 is 9.47 Å². The fourth-order valence-electron chi connectivity index (χ4n) is 4.75. The third-order valence-corrected chi connectivity index (χ3v) is 6.59. The Morgan fingerprint density at radius 3 is 2.77 bits per heavy atom. The number of nitrogens with two attached hydrogens (primary N) is 2. The summed E-state index contributed by atoms with van der Waals surface area (Å²) in [6.45, 7) is 1.74.